The average Bonchev–Trinajstić information content (AvgIpc) is 3.74. The van der Waals surface area contributed by atoms with Gasteiger partial charge in [-0.3, -0.25) is 4.79 Å². The highest BCUT2D eigenvalue weighted by Gasteiger charge is 2.47. The van der Waals surface area contributed by atoms with Crippen molar-refractivity contribution in [1.82, 2.24) is 19.0 Å². The topological polar surface area (TPSA) is 102 Å². The first-order chi connectivity index (χ1) is 21.0. The van der Waals surface area contributed by atoms with Gasteiger partial charge >= 0.3 is 0 Å². The van der Waals surface area contributed by atoms with Crippen molar-refractivity contribution >= 4 is 33.5 Å². The molecule has 4 atom stereocenters. The van der Waals surface area contributed by atoms with Crippen LogP contribution in [0, 0.1) is 17.7 Å². The van der Waals surface area contributed by atoms with E-state index in [9.17, 15) is 9.90 Å². The van der Waals surface area contributed by atoms with E-state index in [-0.39, 0.29) is 36.6 Å². The molecule has 43 heavy (non-hydrogen) atoms. The van der Waals surface area contributed by atoms with E-state index in [1.54, 1.807) is 6.07 Å². The molecule has 10 heteroatoms. The zero-order chi connectivity index (χ0) is 29.4. The largest absolute Gasteiger partial charge is 0.396 e. The highest BCUT2D eigenvalue weighted by molar-refractivity contribution is 6.00. The van der Waals surface area contributed by atoms with Crippen LogP contribution >= 0.6 is 0 Å². The number of aliphatic hydroxyl groups excluding tert-OH is 1. The van der Waals surface area contributed by atoms with Gasteiger partial charge in [0.15, 0.2) is 5.82 Å². The molecular formula is C33H39FN6O3. The van der Waals surface area contributed by atoms with Gasteiger partial charge in [-0.05, 0) is 55.9 Å². The fourth-order valence-corrected chi connectivity index (χ4v) is 8.10. The number of piperidine rings is 1. The van der Waals surface area contributed by atoms with E-state index in [2.05, 4.69) is 40.7 Å². The molecule has 4 aromatic rings. The lowest BCUT2D eigenvalue weighted by Crippen LogP contribution is -2.41. The van der Waals surface area contributed by atoms with Crippen molar-refractivity contribution in [1.29, 1.82) is 0 Å². The minimum absolute atomic E-state index is 0.00415. The second kappa shape index (κ2) is 10.3. The number of aliphatic hydroxyl groups is 1. The van der Waals surface area contributed by atoms with E-state index < -0.39 is 5.82 Å². The predicted molar refractivity (Wildman–Crippen MR) is 164 cm³/mol. The highest BCUT2D eigenvalue weighted by atomic mass is 19.1. The Morgan fingerprint density at radius 2 is 2.02 bits per heavy atom. The lowest BCUT2D eigenvalue weighted by Gasteiger charge is -2.37. The summed E-state index contributed by atoms with van der Waals surface area (Å²) in [5.74, 6) is 0.738. The van der Waals surface area contributed by atoms with Gasteiger partial charge in [0, 0.05) is 61.7 Å². The molecule has 1 amide bonds. The van der Waals surface area contributed by atoms with Crippen LogP contribution in [0.4, 0.5) is 10.1 Å². The number of imidazole rings is 1. The molecule has 3 fully saturated rings. The van der Waals surface area contributed by atoms with Crippen molar-refractivity contribution in [2.75, 3.05) is 44.4 Å². The molecule has 226 valence electrons. The number of ether oxygens (including phenoxy) is 1. The average molecular weight is 587 g/mol. The fraction of sp³-hybridized carbons (Fsp3) is 0.515. The molecule has 2 aromatic heterocycles. The normalized spacial score (nSPS) is 24.9. The molecule has 9 nitrogen and oxygen atoms in total. The third-order valence-corrected chi connectivity index (χ3v) is 10.4. The Morgan fingerprint density at radius 1 is 1.16 bits per heavy atom. The number of benzene rings is 2. The summed E-state index contributed by atoms with van der Waals surface area (Å²) < 4.78 is 26.1. The summed E-state index contributed by atoms with van der Waals surface area (Å²) >= 11 is 0. The predicted octanol–water partition coefficient (Wildman–Crippen LogP) is 4.16. The van der Waals surface area contributed by atoms with Crippen LogP contribution in [0.5, 0.6) is 0 Å². The number of para-hydroxylation sites is 1. The molecule has 1 unspecified atom stereocenters. The van der Waals surface area contributed by atoms with Crippen molar-refractivity contribution in [3.05, 3.63) is 47.8 Å². The maximum atomic E-state index is 16.2. The number of hydrogen-bond acceptors (Lipinski definition) is 6. The van der Waals surface area contributed by atoms with E-state index in [0.29, 0.717) is 55.2 Å². The molecule has 3 aliphatic heterocycles. The van der Waals surface area contributed by atoms with Gasteiger partial charge in [-0.15, -0.1) is 0 Å². The zero-order valence-electron chi connectivity index (χ0n) is 24.6. The van der Waals surface area contributed by atoms with E-state index in [1.165, 1.54) is 6.07 Å². The molecule has 5 heterocycles. The van der Waals surface area contributed by atoms with Crippen molar-refractivity contribution in [3.63, 3.8) is 0 Å². The van der Waals surface area contributed by atoms with Crippen LogP contribution < -0.4 is 10.6 Å². The number of anilines is 1. The Balaban J connectivity index is 1.28. The van der Waals surface area contributed by atoms with Gasteiger partial charge < -0.3 is 34.5 Å². The minimum Gasteiger partial charge on any atom is -0.396 e. The summed E-state index contributed by atoms with van der Waals surface area (Å²) in [6, 6.07) is 11.9. The fourth-order valence-electron chi connectivity index (χ4n) is 8.10. The summed E-state index contributed by atoms with van der Waals surface area (Å²) in [7, 11) is 0. The van der Waals surface area contributed by atoms with Gasteiger partial charge in [0.25, 0.3) is 5.91 Å². The number of rotatable bonds is 8. The number of aromatic nitrogens is 3. The first-order valence-corrected chi connectivity index (χ1v) is 15.8. The number of nitrogens with two attached hydrogens (primary N) is 1. The zero-order valence-corrected chi connectivity index (χ0v) is 24.6. The summed E-state index contributed by atoms with van der Waals surface area (Å²) in [6.45, 7) is 6.48. The Labute approximate surface area is 250 Å². The lowest BCUT2D eigenvalue weighted by molar-refractivity contribution is -0.0388. The number of fused-ring (bicyclic) bond motifs is 3. The third kappa shape index (κ3) is 4.13. The number of carbonyl (C=O) groups excluding carboxylic acids is 1. The first kappa shape index (κ1) is 27.1. The van der Waals surface area contributed by atoms with E-state index in [4.69, 9.17) is 15.5 Å². The molecule has 2 saturated heterocycles. The Hall–Kier alpha value is -3.47. The third-order valence-electron chi connectivity index (χ3n) is 10.4. The maximum Gasteiger partial charge on any atom is 0.254 e. The van der Waals surface area contributed by atoms with E-state index in [0.717, 1.165) is 60.5 Å². The van der Waals surface area contributed by atoms with Gasteiger partial charge in [0.1, 0.15) is 11.3 Å². The van der Waals surface area contributed by atoms with Crippen LogP contribution in [0.1, 0.15) is 49.0 Å². The molecule has 4 aliphatic rings. The molecular weight excluding hydrogens is 547 g/mol. The quantitative estimate of drug-likeness (QED) is 0.322. The Bertz CT molecular complexity index is 1730. The number of hydrogen-bond donors (Lipinski definition) is 2. The number of amides is 1. The summed E-state index contributed by atoms with van der Waals surface area (Å²) in [4.78, 5) is 23.0. The van der Waals surface area contributed by atoms with Gasteiger partial charge in [-0.1, -0.05) is 19.1 Å². The second-order valence-corrected chi connectivity index (χ2v) is 12.9. The van der Waals surface area contributed by atoms with Crippen molar-refractivity contribution in [2.45, 2.75) is 57.3 Å². The molecule has 2 aromatic carbocycles. The number of nitrogens with zero attached hydrogens (tertiary/aromatic N) is 5. The second-order valence-electron chi connectivity index (χ2n) is 12.9. The van der Waals surface area contributed by atoms with Crippen LogP contribution in [0.2, 0.25) is 0 Å². The van der Waals surface area contributed by atoms with Gasteiger partial charge in [-0.25, -0.2) is 9.37 Å². The first-order valence-electron chi connectivity index (χ1n) is 15.8. The summed E-state index contributed by atoms with van der Waals surface area (Å²) in [6.07, 6.45) is 3.59. The Morgan fingerprint density at radius 3 is 2.72 bits per heavy atom. The van der Waals surface area contributed by atoms with Gasteiger partial charge in [-0.2, -0.15) is 0 Å². The van der Waals surface area contributed by atoms with Crippen LogP contribution in [0.15, 0.2) is 36.4 Å². The summed E-state index contributed by atoms with van der Waals surface area (Å²) in [5, 5.41) is 10.6. The maximum absolute atomic E-state index is 16.2. The number of halogens is 1. The van der Waals surface area contributed by atoms with E-state index >= 15 is 4.39 Å². The van der Waals surface area contributed by atoms with Gasteiger partial charge in [0.05, 0.1) is 41.7 Å². The molecule has 0 radical (unpaired) electrons. The highest BCUT2D eigenvalue weighted by Crippen LogP contribution is 2.43. The van der Waals surface area contributed by atoms with Crippen molar-refractivity contribution < 1.29 is 19.0 Å². The summed E-state index contributed by atoms with van der Waals surface area (Å²) in [5.41, 5.74) is 10.9. The minimum atomic E-state index is -0.425. The monoisotopic (exact) mass is 586 g/mol. The van der Waals surface area contributed by atoms with Crippen molar-refractivity contribution in [2.24, 2.45) is 17.6 Å². The molecule has 8 rings (SSSR count). The number of carbonyl (C=O) groups is 1. The van der Waals surface area contributed by atoms with Gasteiger partial charge in [0.2, 0.25) is 0 Å². The van der Waals surface area contributed by atoms with Crippen LogP contribution in [-0.4, -0.2) is 81.6 Å². The van der Waals surface area contributed by atoms with Crippen LogP contribution in [0.25, 0.3) is 33.5 Å². The van der Waals surface area contributed by atoms with E-state index in [1.807, 2.05) is 9.47 Å². The molecule has 2 bridgehead atoms. The SMILES string of the molecule is CCC1CN(CCCO)c2cccc3cc(-c4nc5cc(C(=O)N6C[C@H]7CC[C@@H]6[C@@H]7N)cc(F)c5n4CC4COC4)n1c23. The molecule has 3 N–H and O–H groups in total. The van der Waals surface area contributed by atoms with Crippen LogP contribution in [-0.2, 0) is 11.3 Å². The lowest BCUT2D eigenvalue weighted by atomic mass is 10.1. The standard InChI is InChI=1S/C33H39FN6O3/c1-2-23-16-37(9-4-10-41)27-6-3-5-20-13-28(40(23)30(20)27)32-36-25-12-22(33(42)38-15-21-7-8-26(38)29(21)35)11-24(34)31(25)39(32)14-19-17-43-18-19/h3,5-6,11-13,19,21,23,26,29,41H,2,4,7-10,14-18,35H2,1H3/t21-,23?,26-,29-/m1/s1. The molecule has 1 saturated carbocycles. The smallest absolute Gasteiger partial charge is 0.254 e. The van der Waals surface area contributed by atoms with Crippen molar-refractivity contribution in [3.8, 4) is 11.5 Å². The Kier molecular flexibility index (Phi) is 6.50. The number of likely N-dealkylation sites (tertiary alicyclic amines) is 1. The van der Waals surface area contributed by atoms with Crippen LogP contribution in [0.3, 0.4) is 0 Å². The molecule has 0 spiro atoms. The molecule has 1 aliphatic carbocycles.